The molecule has 0 fully saturated rings. The van der Waals surface area contributed by atoms with Gasteiger partial charge >= 0.3 is 0 Å². The van der Waals surface area contributed by atoms with Gasteiger partial charge in [-0.1, -0.05) is 12.1 Å². The van der Waals surface area contributed by atoms with E-state index in [0.717, 1.165) is 0 Å². The van der Waals surface area contributed by atoms with Gasteiger partial charge in [0.25, 0.3) is 0 Å². The number of hydrogen-bond acceptors (Lipinski definition) is 4. The van der Waals surface area contributed by atoms with Crippen molar-refractivity contribution in [2.24, 2.45) is 0 Å². The molecule has 10 heteroatoms. The summed E-state index contributed by atoms with van der Waals surface area (Å²) in [7, 11) is 1.26. The van der Waals surface area contributed by atoms with Gasteiger partial charge in [0.05, 0.1) is 46.3 Å². The number of para-hydroxylation sites is 2. The Kier molecular flexibility index (Phi) is 3.79. The van der Waals surface area contributed by atoms with Crippen molar-refractivity contribution in [3.05, 3.63) is 60.0 Å². The number of aromatic nitrogens is 6. The summed E-state index contributed by atoms with van der Waals surface area (Å²) in [6.07, 6.45) is 1.36. The molecule has 0 saturated heterocycles. The van der Waals surface area contributed by atoms with Gasteiger partial charge in [0, 0.05) is 5.56 Å². The first kappa shape index (κ1) is 18.4. The molecule has 0 aliphatic carbocycles. The quantitative estimate of drug-likeness (QED) is 0.362. The topological polar surface area (TPSA) is 95.3 Å². The van der Waals surface area contributed by atoms with Crippen molar-refractivity contribution in [3.63, 3.8) is 0 Å². The summed E-state index contributed by atoms with van der Waals surface area (Å²) in [6, 6.07) is 9.91. The molecule has 0 aliphatic heterocycles. The molecule has 0 radical (unpaired) electrons. The third-order valence-corrected chi connectivity index (χ3v) is 5.42. The number of rotatable bonds is 3. The SMILES string of the molecule is COc1c(F)c(F)c(-c2nc3c(-c4nc5c(F)cccc5[nH]4)cccc3[nH]2)c2[nH]ncc12. The predicted molar refractivity (Wildman–Crippen MR) is 113 cm³/mol. The summed E-state index contributed by atoms with van der Waals surface area (Å²) in [5.74, 6) is -2.44. The molecular weight excluding hydrogens is 421 g/mol. The third-order valence-electron chi connectivity index (χ3n) is 5.42. The number of H-pyrrole nitrogens is 3. The Balaban J connectivity index is 1.60. The summed E-state index contributed by atoms with van der Waals surface area (Å²) in [4.78, 5) is 15.0. The van der Waals surface area contributed by atoms with Crippen LogP contribution in [0.4, 0.5) is 13.2 Å². The summed E-state index contributed by atoms with van der Waals surface area (Å²) in [5.41, 5.74) is 2.50. The van der Waals surface area contributed by atoms with Crippen molar-refractivity contribution in [2.45, 2.75) is 0 Å². The Bertz CT molecular complexity index is 1670. The number of fused-ring (bicyclic) bond motifs is 3. The van der Waals surface area contributed by atoms with E-state index in [1.807, 2.05) is 0 Å². The highest BCUT2D eigenvalue weighted by Crippen LogP contribution is 2.39. The zero-order chi connectivity index (χ0) is 22.0. The molecule has 6 rings (SSSR count). The fourth-order valence-electron chi connectivity index (χ4n) is 3.97. The van der Waals surface area contributed by atoms with E-state index in [-0.39, 0.29) is 33.6 Å². The van der Waals surface area contributed by atoms with E-state index in [0.29, 0.717) is 27.9 Å². The average molecular weight is 434 g/mol. The van der Waals surface area contributed by atoms with Crippen LogP contribution in [0.2, 0.25) is 0 Å². The lowest BCUT2D eigenvalue weighted by atomic mass is 10.1. The summed E-state index contributed by atoms with van der Waals surface area (Å²) < 4.78 is 48.9. The van der Waals surface area contributed by atoms with Crippen LogP contribution in [0, 0.1) is 17.5 Å². The number of nitrogens with zero attached hydrogens (tertiary/aromatic N) is 3. The van der Waals surface area contributed by atoms with Crippen molar-refractivity contribution < 1.29 is 17.9 Å². The van der Waals surface area contributed by atoms with Gasteiger partial charge in [0.2, 0.25) is 5.82 Å². The minimum Gasteiger partial charge on any atom is -0.493 e. The van der Waals surface area contributed by atoms with Crippen molar-refractivity contribution in [2.75, 3.05) is 7.11 Å². The molecule has 6 aromatic rings. The second-order valence-electron chi connectivity index (χ2n) is 7.20. The minimum absolute atomic E-state index is 0.100. The molecule has 3 aromatic heterocycles. The first-order chi connectivity index (χ1) is 15.6. The minimum atomic E-state index is -1.13. The zero-order valence-electron chi connectivity index (χ0n) is 16.4. The van der Waals surface area contributed by atoms with Gasteiger partial charge in [-0.3, -0.25) is 5.10 Å². The Hall–Kier alpha value is -4.34. The van der Waals surface area contributed by atoms with Crippen molar-refractivity contribution in [1.82, 2.24) is 30.1 Å². The lowest BCUT2D eigenvalue weighted by Crippen LogP contribution is -1.98. The Morgan fingerprint density at radius 3 is 2.34 bits per heavy atom. The number of methoxy groups -OCH3 is 1. The van der Waals surface area contributed by atoms with Crippen LogP contribution in [0.5, 0.6) is 5.75 Å². The van der Waals surface area contributed by atoms with E-state index < -0.39 is 17.5 Å². The van der Waals surface area contributed by atoms with Crippen LogP contribution in [-0.4, -0.2) is 37.2 Å². The van der Waals surface area contributed by atoms with Gasteiger partial charge in [-0.25, -0.2) is 18.7 Å². The number of ether oxygens (including phenoxy) is 1. The molecule has 0 unspecified atom stereocenters. The fraction of sp³-hybridized carbons (Fsp3) is 0.0455. The lowest BCUT2D eigenvalue weighted by Gasteiger charge is -2.08. The Morgan fingerprint density at radius 2 is 1.56 bits per heavy atom. The molecule has 3 heterocycles. The largest absolute Gasteiger partial charge is 0.493 e. The molecule has 0 spiro atoms. The maximum atomic E-state index is 15.1. The maximum Gasteiger partial charge on any atom is 0.202 e. The lowest BCUT2D eigenvalue weighted by molar-refractivity contribution is 0.378. The highest BCUT2D eigenvalue weighted by molar-refractivity contribution is 5.99. The predicted octanol–water partition coefficient (Wildman–Crippen LogP) is 5.08. The van der Waals surface area contributed by atoms with Crippen molar-refractivity contribution >= 4 is 33.0 Å². The van der Waals surface area contributed by atoms with Gasteiger partial charge in [-0.15, -0.1) is 0 Å². The van der Waals surface area contributed by atoms with Gasteiger partial charge in [-0.2, -0.15) is 9.49 Å². The van der Waals surface area contributed by atoms with E-state index >= 15 is 4.39 Å². The molecule has 3 aromatic carbocycles. The summed E-state index contributed by atoms with van der Waals surface area (Å²) in [5, 5.41) is 6.87. The van der Waals surface area contributed by atoms with Gasteiger partial charge in [-0.05, 0) is 24.3 Å². The molecular formula is C22H13F3N6O. The average Bonchev–Trinajstić information content (AvgIpc) is 3.52. The molecule has 3 N–H and O–H groups in total. The van der Waals surface area contributed by atoms with Crippen LogP contribution >= 0.6 is 0 Å². The number of hydrogen-bond donors (Lipinski definition) is 3. The first-order valence-corrected chi connectivity index (χ1v) is 9.58. The second-order valence-corrected chi connectivity index (χ2v) is 7.20. The molecule has 0 atom stereocenters. The number of nitrogens with one attached hydrogen (secondary N) is 3. The van der Waals surface area contributed by atoms with Gasteiger partial charge in [0.15, 0.2) is 17.4 Å². The molecule has 32 heavy (non-hydrogen) atoms. The molecule has 0 amide bonds. The van der Waals surface area contributed by atoms with Crippen LogP contribution < -0.4 is 4.74 Å². The number of halogens is 3. The van der Waals surface area contributed by atoms with E-state index in [9.17, 15) is 8.78 Å². The normalized spacial score (nSPS) is 11.8. The van der Waals surface area contributed by atoms with Crippen LogP contribution in [0.15, 0.2) is 42.6 Å². The molecule has 0 aliphatic rings. The molecule has 0 bridgehead atoms. The molecule has 158 valence electrons. The van der Waals surface area contributed by atoms with E-state index in [1.165, 1.54) is 19.4 Å². The Labute approximate surface area is 177 Å². The first-order valence-electron chi connectivity index (χ1n) is 9.58. The van der Waals surface area contributed by atoms with Crippen LogP contribution in [-0.2, 0) is 0 Å². The molecule has 7 nitrogen and oxygen atoms in total. The van der Waals surface area contributed by atoms with E-state index in [4.69, 9.17) is 4.74 Å². The van der Waals surface area contributed by atoms with Gasteiger partial charge in [0.1, 0.15) is 17.2 Å². The third kappa shape index (κ3) is 2.46. The standard InChI is InChI=1S/C22H13F3N6O/c1-32-20-10-8-26-31-18(10)14(15(24)16(20)25)22-28-12-6-2-4-9(17(12)29-22)21-27-13-7-3-5-11(23)19(13)30-21/h2-8H,1H3,(H,26,31)(H,27,30)(H,28,29). The zero-order valence-corrected chi connectivity index (χ0v) is 16.4. The van der Waals surface area contributed by atoms with Crippen molar-refractivity contribution in [1.29, 1.82) is 0 Å². The molecule has 0 saturated carbocycles. The summed E-state index contributed by atoms with van der Waals surface area (Å²) >= 11 is 0. The van der Waals surface area contributed by atoms with E-state index in [2.05, 4.69) is 30.1 Å². The number of imidazole rings is 2. The van der Waals surface area contributed by atoms with E-state index in [1.54, 1.807) is 30.3 Å². The number of benzene rings is 3. The smallest absolute Gasteiger partial charge is 0.202 e. The highest BCUT2D eigenvalue weighted by atomic mass is 19.2. The summed E-state index contributed by atoms with van der Waals surface area (Å²) in [6.45, 7) is 0. The monoisotopic (exact) mass is 434 g/mol. The van der Waals surface area contributed by atoms with Crippen molar-refractivity contribution in [3.8, 4) is 28.5 Å². The van der Waals surface area contributed by atoms with Gasteiger partial charge < -0.3 is 14.7 Å². The maximum absolute atomic E-state index is 15.1. The second kappa shape index (κ2) is 6.58. The number of aromatic amines is 3. The van der Waals surface area contributed by atoms with Crippen LogP contribution in [0.3, 0.4) is 0 Å². The fourth-order valence-corrected chi connectivity index (χ4v) is 3.97. The Morgan fingerprint density at radius 1 is 0.844 bits per heavy atom. The highest BCUT2D eigenvalue weighted by Gasteiger charge is 2.25. The van der Waals surface area contributed by atoms with Crippen LogP contribution in [0.25, 0.3) is 55.7 Å². The van der Waals surface area contributed by atoms with Crippen LogP contribution in [0.1, 0.15) is 0 Å².